The van der Waals surface area contributed by atoms with Gasteiger partial charge in [0, 0.05) is 48.1 Å². The predicted molar refractivity (Wildman–Crippen MR) is 102 cm³/mol. The molecule has 7 heteroatoms. The van der Waals surface area contributed by atoms with E-state index >= 15 is 0 Å². The van der Waals surface area contributed by atoms with Crippen molar-refractivity contribution < 1.29 is 9.53 Å². The first-order valence-corrected chi connectivity index (χ1v) is 8.90. The van der Waals surface area contributed by atoms with Crippen LogP contribution in [-0.2, 0) is 11.3 Å². The van der Waals surface area contributed by atoms with E-state index in [0.717, 1.165) is 43.8 Å². The SMILES string of the molecule is O=C(Nc1ccc(CN2CCOCC2)c(Cl)c1)c1ccnc2[nH]ccc12. The van der Waals surface area contributed by atoms with E-state index in [1.54, 1.807) is 24.5 Å². The van der Waals surface area contributed by atoms with Crippen LogP contribution in [0.2, 0.25) is 5.02 Å². The number of pyridine rings is 1. The fourth-order valence-corrected chi connectivity index (χ4v) is 3.35. The second-order valence-corrected chi connectivity index (χ2v) is 6.65. The quantitative estimate of drug-likeness (QED) is 0.739. The number of carbonyl (C=O) groups excluding carboxylic acids is 1. The molecule has 0 unspecified atom stereocenters. The predicted octanol–water partition coefficient (Wildman–Crippen LogP) is 3.30. The number of hydrogen-bond donors (Lipinski definition) is 2. The molecule has 1 aliphatic rings. The lowest BCUT2D eigenvalue weighted by Crippen LogP contribution is -2.35. The maximum atomic E-state index is 12.6. The number of nitrogens with one attached hydrogen (secondary N) is 2. The monoisotopic (exact) mass is 370 g/mol. The fourth-order valence-electron chi connectivity index (χ4n) is 3.11. The molecule has 2 aromatic heterocycles. The number of nitrogens with zero attached hydrogens (tertiary/aromatic N) is 2. The Hall–Kier alpha value is -2.41. The van der Waals surface area contributed by atoms with E-state index in [9.17, 15) is 4.79 Å². The van der Waals surface area contributed by atoms with Crippen LogP contribution in [0.4, 0.5) is 5.69 Å². The van der Waals surface area contributed by atoms with Gasteiger partial charge in [0.25, 0.3) is 5.91 Å². The molecule has 3 heterocycles. The van der Waals surface area contributed by atoms with Gasteiger partial charge < -0.3 is 15.0 Å². The van der Waals surface area contributed by atoms with Gasteiger partial charge in [0.2, 0.25) is 0 Å². The van der Waals surface area contributed by atoms with Crippen LogP contribution in [0, 0.1) is 0 Å². The van der Waals surface area contributed by atoms with E-state index in [4.69, 9.17) is 16.3 Å². The molecule has 2 N–H and O–H groups in total. The normalized spacial score (nSPS) is 15.3. The van der Waals surface area contributed by atoms with E-state index in [1.165, 1.54) is 0 Å². The Bertz CT molecular complexity index is 934. The number of H-pyrrole nitrogens is 1. The molecule has 1 saturated heterocycles. The summed E-state index contributed by atoms with van der Waals surface area (Å²) in [6.45, 7) is 4.11. The second-order valence-electron chi connectivity index (χ2n) is 6.25. The summed E-state index contributed by atoms with van der Waals surface area (Å²) in [4.78, 5) is 22.1. The molecule has 134 valence electrons. The van der Waals surface area contributed by atoms with Crippen LogP contribution >= 0.6 is 11.6 Å². The Labute approximate surface area is 156 Å². The molecule has 0 atom stereocenters. The summed E-state index contributed by atoms with van der Waals surface area (Å²) in [5, 5.41) is 4.35. The molecule has 26 heavy (non-hydrogen) atoms. The molecule has 0 spiro atoms. The van der Waals surface area contributed by atoms with Crippen LogP contribution in [0.25, 0.3) is 11.0 Å². The number of ether oxygens (including phenoxy) is 1. The van der Waals surface area contributed by atoms with Gasteiger partial charge in [-0.15, -0.1) is 0 Å². The number of halogens is 1. The van der Waals surface area contributed by atoms with Gasteiger partial charge in [0.1, 0.15) is 5.65 Å². The molecular weight excluding hydrogens is 352 g/mol. The lowest BCUT2D eigenvalue weighted by Gasteiger charge is -2.27. The van der Waals surface area contributed by atoms with Gasteiger partial charge in [-0.1, -0.05) is 17.7 Å². The summed E-state index contributed by atoms with van der Waals surface area (Å²) in [6.07, 6.45) is 3.39. The smallest absolute Gasteiger partial charge is 0.256 e. The molecule has 1 amide bonds. The summed E-state index contributed by atoms with van der Waals surface area (Å²) in [5.41, 5.74) is 2.98. The first kappa shape index (κ1) is 17.0. The third-order valence-electron chi connectivity index (χ3n) is 4.51. The molecule has 0 bridgehead atoms. The van der Waals surface area contributed by atoms with Gasteiger partial charge in [0.15, 0.2) is 0 Å². The Morgan fingerprint density at radius 1 is 1.27 bits per heavy atom. The first-order valence-electron chi connectivity index (χ1n) is 8.53. The topological polar surface area (TPSA) is 70.2 Å². The van der Waals surface area contributed by atoms with Crippen LogP contribution in [-0.4, -0.2) is 47.1 Å². The number of amides is 1. The fraction of sp³-hybridized carbons (Fsp3) is 0.263. The van der Waals surface area contributed by atoms with Crippen molar-refractivity contribution in [2.45, 2.75) is 6.54 Å². The second kappa shape index (κ2) is 7.45. The largest absolute Gasteiger partial charge is 0.379 e. The highest BCUT2D eigenvalue weighted by molar-refractivity contribution is 6.31. The van der Waals surface area contributed by atoms with E-state index in [-0.39, 0.29) is 5.91 Å². The van der Waals surface area contributed by atoms with E-state index in [0.29, 0.717) is 21.9 Å². The van der Waals surface area contributed by atoms with E-state index < -0.39 is 0 Å². The summed E-state index contributed by atoms with van der Waals surface area (Å²) < 4.78 is 5.37. The van der Waals surface area contributed by atoms with E-state index in [1.807, 2.05) is 18.2 Å². The van der Waals surface area contributed by atoms with Crippen molar-refractivity contribution in [1.82, 2.24) is 14.9 Å². The number of benzene rings is 1. The van der Waals surface area contributed by atoms with Gasteiger partial charge in [-0.3, -0.25) is 9.69 Å². The molecule has 6 nitrogen and oxygen atoms in total. The molecule has 1 aromatic carbocycles. The van der Waals surface area contributed by atoms with Gasteiger partial charge >= 0.3 is 0 Å². The standard InChI is InChI=1S/C19H19ClN4O2/c20-17-11-14(2-1-13(17)12-24-7-9-26-10-8-24)23-19(25)16-4-6-22-18-15(16)3-5-21-18/h1-6,11H,7-10,12H2,(H,21,22)(H,23,25). The zero-order chi connectivity index (χ0) is 17.9. The average Bonchev–Trinajstić information content (AvgIpc) is 3.13. The molecule has 0 saturated carbocycles. The Morgan fingerprint density at radius 3 is 2.92 bits per heavy atom. The van der Waals surface area contributed by atoms with Gasteiger partial charge in [-0.05, 0) is 29.8 Å². The number of fused-ring (bicyclic) bond motifs is 1. The lowest BCUT2D eigenvalue weighted by atomic mass is 10.1. The minimum absolute atomic E-state index is 0.186. The van der Waals surface area contributed by atoms with Crippen molar-refractivity contribution >= 4 is 34.2 Å². The molecule has 0 radical (unpaired) electrons. The highest BCUT2D eigenvalue weighted by Gasteiger charge is 2.14. The number of carbonyl (C=O) groups is 1. The minimum atomic E-state index is -0.186. The molecule has 1 aliphatic heterocycles. The minimum Gasteiger partial charge on any atom is -0.379 e. The summed E-state index contributed by atoms with van der Waals surface area (Å²) in [7, 11) is 0. The van der Waals surface area contributed by atoms with Gasteiger partial charge in [-0.2, -0.15) is 0 Å². The van der Waals surface area contributed by atoms with Crippen molar-refractivity contribution in [2.75, 3.05) is 31.6 Å². The number of aromatic nitrogens is 2. The lowest BCUT2D eigenvalue weighted by molar-refractivity contribution is 0.0342. The van der Waals surface area contributed by atoms with Gasteiger partial charge in [0.05, 0.1) is 18.8 Å². The van der Waals surface area contributed by atoms with Crippen molar-refractivity contribution in [2.24, 2.45) is 0 Å². The highest BCUT2D eigenvalue weighted by Crippen LogP contribution is 2.24. The Kier molecular flexibility index (Phi) is 4.88. The third kappa shape index (κ3) is 3.58. The number of aromatic amines is 1. The Balaban J connectivity index is 1.49. The molecule has 1 fully saturated rings. The van der Waals surface area contributed by atoms with Crippen molar-refractivity contribution in [3.8, 4) is 0 Å². The van der Waals surface area contributed by atoms with Crippen LogP contribution < -0.4 is 5.32 Å². The zero-order valence-electron chi connectivity index (χ0n) is 14.2. The third-order valence-corrected chi connectivity index (χ3v) is 4.87. The average molecular weight is 371 g/mol. The molecule has 0 aliphatic carbocycles. The first-order chi connectivity index (χ1) is 12.7. The molecule has 4 rings (SSSR count). The number of anilines is 1. The summed E-state index contributed by atoms with van der Waals surface area (Å²) in [6, 6.07) is 9.20. The number of rotatable bonds is 4. The maximum Gasteiger partial charge on any atom is 0.256 e. The van der Waals surface area contributed by atoms with Crippen LogP contribution in [0.15, 0.2) is 42.7 Å². The highest BCUT2D eigenvalue weighted by atomic mass is 35.5. The van der Waals surface area contributed by atoms with Gasteiger partial charge in [-0.25, -0.2) is 4.98 Å². The van der Waals surface area contributed by atoms with Crippen molar-refractivity contribution in [3.63, 3.8) is 0 Å². The van der Waals surface area contributed by atoms with Crippen molar-refractivity contribution in [3.05, 3.63) is 58.9 Å². The van der Waals surface area contributed by atoms with E-state index in [2.05, 4.69) is 20.2 Å². The Morgan fingerprint density at radius 2 is 2.12 bits per heavy atom. The summed E-state index contributed by atoms with van der Waals surface area (Å²) in [5.74, 6) is -0.186. The molecule has 3 aromatic rings. The van der Waals surface area contributed by atoms with Crippen LogP contribution in [0.1, 0.15) is 15.9 Å². The maximum absolute atomic E-state index is 12.6. The number of morpholine rings is 1. The van der Waals surface area contributed by atoms with Crippen molar-refractivity contribution in [1.29, 1.82) is 0 Å². The number of hydrogen-bond acceptors (Lipinski definition) is 4. The molecular formula is C19H19ClN4O2. The summed E-state index contributed by atoms with van der Waals surface area (Å²) >= 11 is 6.43. The van der Waals surface area contributed by atoms with Crippen LogP contribution in [0.5, 0.6) is 0 Å². The van der Waals surface area contributed by atoms with Crippen LogP contribution in [0.3, 0.4) is 0 Å². The zero-order valence-corrected chi connectivity index (χ0v) is 14.9.